The van der Waals surface area contributed by atoms with Gasteiger partial charge in [-0.3, -0.25) is 0 Å². The summed E-state index contributed by atoms with van der Waals surface area (Å²) in [5.41, 5.74) is 6.30. The van der Waals surface area contributed by atoms with Crippen LogP contribution < -0.4 is 17.4 Å². The molecule has 1 atom stereocenters. The Kier molecular flexibility index (Phi) is 3.53. The molecular weight excluding hydrogens is 178 g/mol. The molecule has 0 saturated heterocycles. The van der Waals surface area contributed by atoms with Gasteiger partial charge in [0, 0.05) is 0 Å². The molecule has 1 rings (SSSR count). The van der Waals surface area contributed by atoms with Crippen molar-refractivity contribution in [3.8, 4) is 0 Å². The Morgan fingerprint density at radius 1 is 1.71 bits per heavy atom. The highest BCUT2D eigenvalue weighted by Gasteiger charge is 2.11. The molecule has 0 radical (unpaired) electrons. The summed E-state index contributed by atoms with van der Waals surface area (Å²) in [7, 11) is 0. The zero-order valence-electron chi connectivity index (χ0n) is 8.35. The van der Waals surface area contributed by atoms with E-state index >= 15 is 0 Å². The maximum atomic E-state index is 5.67. The van der Waals surface area contributed by atoms with Gasteiger partial charge in [0.05, 0.1) is 5.70 Å². The zero-order chi connectivity index (χ0) is 10.6. The Morgan fingerprint density at radius 2 is 2.43 bits per heavy atom. The lowest BCUT2D eigenvalue weighted by atomic mass is 9.97. The fourth-order valence-corrected chi connectivity index (χ4v) is 1.33. The third-order valence-electron chi connectivity index (χ3n) is 2.35. The normalized spacial score (nSPS) is 22.0. The van der Waals surface area contributed by atoms with Gasteiger partial charge in [-0.15, -0.1) is 5.10 Å². The molecular formula is C9H17N5. The van der Waals surface area contributed by atoms with Crippen LogP contribution in [-0.4, -0.2) is 11.0 Å². The van der Waals surface area contributed by atoms with Crippen LogP contribution in [-0.2, 0) is 0 Å². The number of hydrogen-bond acceptors (Lipinski definition) is 3. The first-order valence-corrected chi connectivity index (χ1v) is 4.65. The minimum atomic E-state index is 0.107. The first-order chi connectivity index (χ1) is 6.69. The minimum Gasteiger partial charge on any atom is -0.367 e. The highest BCUT2D eigenvalue weighted by molar-refractivity contribution is 5.79. The standard InChI is InChI=1S/C9H17N5/c1-2-7-3-5-8(6-4-7)14(12)9(10)13-11/h3,5-7H,2,4,11-12H2,1H3,(H2,10,13). The molecule has 5 nitrogen and oxygen atoms in total. The summed E-state index contributed by atoms with van der Waals surface area (Å²) in [6.45, 7) is 2.16. The second kappa shape index (κ2) is 4.66. The third-order valence-corrected chi connectivity index (χ3v) is 2.35. The van der Waals surface area contributed by atoms with E-state index in [-0.39, 0.29) is 5.96 Å². The van der Waals surface area contributed by atoms with Crippen molar-refractivity contribution >= 4 is 5.96 Å². The average Bonchev–Trinajstić information content (AvgIpc) is 2.27. The van der Waals surface area contributed by atoms with Gasteiger partial charge in [-0.05, 0) is 24.8 Å². The molecule has 0 heterocycles. The first-order valence-electron chi connectivity index (χ1n) is 4.65. The molecule has 0 fully saturated rings. The Morgan fingerprint density at radius 3 is 2.86 bits per heavy atom. The van der Waals surface area contributed by atoms with E-state index in [4.69, 9.17) is 17.4 Å². The average molecular weight is 195 g/mol. The molecule has 0 aromatic carbocycles. The molecule has 6 N–H and O–H groups in total. The molecule has 1 unspecified atom stereocenters. The Hall–Kier alpha value is -1.49. The van der Waals surface area contributed by atoms with Crippen LogP contribution in [0.5, 0.6) is 0 Å². The maximum absolute atomic E-state index is 5.67. The van der Waals surface area contributed by atoms with Gasteiger partial charge in [0.2, 0.25) is 5.96 Å². The molecule has 0 aromatic rings. The summed E-state index contributed by atoms with van der Waals surface area (Å²) in [5, 5.41) is 4.60. The summed E-state index contributed by atoms with van der Waals surface area (Å²) >= 11 is 0. The van der Waals surface area contributed by atoms with Gasteiger partial charge in [-0.25, -0.2) is 10.9 Å². The van der Waals surface area contributed by atoms with Crippen molar-refractivity contribution in [2.45, 2.75) is 19.8 Å². The Bertz CT molecular complexity index is 279. The molecule has 0 spiro atoms. The smallest absolute Gasteiger partial charge is 0.232 e. The number of rotatable bonds is 2. The van der Waals surface area contributed by atoms with Crippen LogP contribution in [0.3, 0.4) is 0 Å². The van der Waals surface area contributed by atoms with Gasteiger partial charge in [-0.1, -0.05) is 19.1 Å². The van der Waals surface area contributed by atoms with E-state index in [1.807, 2.05) is 12.2 Å². The number of nitrogens with two attached hydrogens (primary N) is 3. The van der Waals surface area contributed by atoms with Crippen molar-refractivity contribution in [3.63, 3.8) is 0 Å². The number of hydrazone groups is 1. The molecule has 78 valence electrons. The quantitative estimate of drug-likeness (QED) is 0.254. The van der Waals surface area contributed by atoms with E-state index in [1.165, 1.54) is 5.01 Å². The van der Waals surface area contributed by atoms with E-state index in [2.05, 4.69) is 18.1 Å². The maximum Gasteiger partial charge on any atom is 0.232 e. The van der Waals surface area contributed by atoms with Gasteiger partial charge < -0.3 is 11.6 Å². The lowest BCUT2D eigenvalue weighted by Crippen LogP contribution is -2.42. The number of guanidine groups is 1. The van der Waals surface area contributed by atoms with Gasteiger partial charge >= 0.3 is 0 Å². The number of hydrazine groups is 1. The lowest BCUT2D eigenvalue weighted by molar-refractivity contribution is 0.530. The lowest BCUT2D eigenvalue weighted by Gasteiger charge is -2.21. The van der Waals surface area contributed by atoms with Gasteiger partial charge in [0.25, 0.3) is 0 Å². The molecule has 5 heteroatoms. The molecule has 0 saturated carbocycles. The molecule has 0 aromatic heterocycles. The van der Waals surface area contributed by atoms with Crippen LogP contribution in [0.2, 0.25) is 0 Å². The van der Waals surface area contributed by atoms with Crippen LogP contribution in [0, 0.1) is 5.92 Å². The highest BCUT2D eigenvalue weighted by atomic mass is 15.5. The van der Waals surface area contributed by atoms with E-state index in [9.17, 15) is 0 Å². The largest absolute Gasteiger partial charge is 0.367 e. The predicted octanol–water partition coefficient (Wildman–Crippen LogP) is 0.221. The SMILES string of the molecule is CCC1C=CC(N(N)/C(N)=N\N)=CC1. The van der Waals surface area contributed by atoms with E-state index in [0.717, 1.165) is 18.5 Å². The first kappa shape index (κ1) is 10.6. The summed E-state index contributed by atoms with van der Waals surface area (Å²) in [6.07, 6.45) is 8.21. The van der Waals surface area contributed by atoms with E-state index in [1.54, 1.807) is 0 Å². The van der Waals surface area contributed by atoms with Crippen LogP contribution in [0.15, 0.2) is 29.0 Å². The fourth-order valence-electron chi connectivity index (χ4n) is 1.33. The third kappa shape index (κ3) is 2.26. The summed E-state index contributed by atoms with van der Waals surface area (Å²) in [6, 6.07) is 0. The van der Waals surface area contributed by atoms with Crippen molar-refractivity contribution < 1.29 is 0 Å². The van der Waals surface area contributed by atoms with Gasteiger partial charge in [0.1, 0.15) is 0 Å². The van der Waals surface area contributed by atoms with Gasteiger partial charge in [-0.2, -0.15) is 0 Å². The van der Waals surface area contributed by atoms with Crippen LogP contribution in [0.1, 0.15) is 19.8 Å². The summed E-state index contributed by atoms with van der Waals surface area (Å²) < 4.78 is 0. The molecule has 1 aliphatic carbocycles. The van der Waals surface area contributed by atoms with Crippen molar-refractivity contribution in [2.24, 2.45) is 28.4 Å². The van der Waals surface area contributed by atoms with Crippen LogP contribution in [0.25, 0.3) is 0 Å². The second-order valence-electron chi connectivity index (χ2n) is 3.25. The minimum absolute atomic E-state index is 0.107. The fraction of sp³-hybridized carbons (Fsp3) is 0.444. The van der Waals surface area contributed by atoms with Crippen molar-refractivity contribution in [3.05, 3.63) is 23.9 Å². The van der Waals surface area contributed by atoms with Crippen LogP contribution >= 0.6 is 0 Å². The Labute approximate surface area is 83.9 Å². The van der Waals surface area contributed by atoms with Gasteiger partial charge in [0.15, 0.2) is 0 Å². The molecule has 0 bridgehead atoms. The Balaban J connectivity index is 2.65. The van der Waals surface area contributed by atoms with E-state index in [0.29, 0.717) is 5.92 Å². The number of nitrogens with zero attached hydrogens (tertiary/aromatic N) is 2. The monoisotopic (exact) mass is 195 g/mol. The molecule has 14 heavy (non-hydrogen) atoms. The van der Waals surface area contributed by atoms with Crippen molar-refractivity contribution in [1.29, 1.82) is 0 Å². The summed E-state index contributed by atoms with van der Waals surface area (Å²) in [5.74, 6) is 11.4. The van der Waals surface area contributed by atoms with E-state index < -0.39 is 0 Å². The van der Waals surface area contributed by atoms with Crippen molar-refractivity contribution in [2.75, 3.05) is 0 Å². The molecule has 0 amide bonds. The number of hydrogen-bond donors (Lipinski definition) is 3. The molecule has 1 aliphatic rings. The van der Waals surface area contributed by atoms with Crippen molar-refractivity contribution in [1.82, 2.24) is 5.01 Å². The predicted molar refractivity (Wildman–Crippen MR) is 57.5 cm³/mol. The second-order valence-corrected chi connectivity index (χ2v) is 3.25. The van der Waals surface area contributed by atoms with Crippen LogP contribution in [0.4, 0.5) is 0 Å². The summed E-state index contributed by atoms with van der Waals surface area (Å²) in [4.78, 5) is 0. The number of allylic oxidation sites excluding steroid dienone is 3. The zero-order valence-corrected chi connectivity index (χ0v) is 8.35. The topological polar surface area (TPSA) is 93.7 Å². The highest BCUT2D eigenvalue weighted by Crippen LogP contribution is 2.19. The molecule has 0 aliphatic heterocycles.